The van der Waals surface area contributed by atoms with Gasteiger partial charge in [-0.05, 0) is 32.4 Å². The van der Waals surface area contributed by atoms with Gasteiger partial charge < -0.3 is 9.88 Å². The molecule has 0 fully saturated rings. The highest BCUT2D eigenvalue weighted by Crippen LogP contribution is 2.30. The number of amides is 1. The van der Waals surface area contributed by atoms with E-state index >= 15 is 0 Å². The van der Waals surface area contributed by atoms with E-state index in [9.17, 15) is 9.59 Å². The summed E-state index contributed by atoms with van der Waals surface area (Å²) in [6.07, 6.45) is 0. The molecule has 6 nitrogen and oxygen atoms in total. The van der Waals surface area contributed by atoms with Gasteiger partial charge in [0, 0.05) is 16.1 Å². The number of nitrogens with zero attached hydrogens (tertiary/aromatic N) is 3. The van der Waals surface area contributed by atoms with Gasteiger partial charge in [-0.15, -0.1) is 11.3 Å². The molecule has 0 atom stereocenters. The molecule has 0 aliphatic carbocycles. The van der Waals surface area contributed by atoms with Crippen molar-refractivity contribution in [2.45, 2.75) is 27.3 Å². The van der Waals surface area contributed by atoms with E-state index in [1.54, 1.807) is 19.9 Å². The van der Waals surface area contributed by atoms with E-state index in [1.807, 2.05) is 43.3 Å². The number of carbonyl (C=O) groups excluding carboxylic acids is 1. The number of benzene rings is 1. The Morgan fingerprint density at radius 3 is 2.63 bits per heavy atom. The standard InChI is InChI=1S/C20H18N4O2S/c1-12-9-13(2)24(19(26)16(12)10-21)11-17(25)22-20-23-18(14(3)27-20)15-7-5-4-6-8-15/h4-9H,11H2,1-3H3,(H,22,23,25). The molecule has 3 rings (SSSR count). The van der Waals surface area contributed by atoms with Crippen molar-refractivity contribution in [3.8, 4) is 17.3 Å². The number of aromatic nitrogens is 2. The second-order valence-electron chi connectivity index (χ2n) is 6.18. The average molecular weight is 378 g/mol. The number of thiazole rings is 1. The van der Waals surface area contributed by atoms with Crippen molar-refractivity contribution in [3.63, 3.8) is 0 Å². The fourth-order valence-corrected chi connectivity index (χ4v) is 3.73. The molecular weight excluding hydrogens is 360 g/mol. The summed E-state index contributed by atoms with van der Waals surface area (Å²) in [7, 11) is 0. The summed E-state index contributed by atoms with van der Waals surface area (Å²) in [5, 5.41) is 12.4. The summed E-state index contributed by atoms with van der Waals surface area (Å²) in [6, 6.07) is 13.4. The molecule has 7 heteroatoms. The number of hydrogen-bond donors (Lipinski definition) is 1. The van der Waals surface area contributed by atoms with Crippen LogP contribution in [0.15, 0.2) is 41.2 Å². The van der Waals surface area contributed by atoms with Gasteiger partial charge in [0.05, 0.1) is 5.69 Å². The molecule has 0 saturated heterocycles. The molecular formula is C20H18N4O2S. The number of anilines is 1. The smallest absolute Gasteiger partial charge is 0.269 e. The van der Waals surface area contributed by atoms with Gasteiger partial charge in [-0.25, -0.2) is 4.98 Å². The molecule has 0 aliphatic rings. The Kier molecular flexibility index (Phi) is 5.19. The zero-order chi connectivity index (χ0) is 19.6. The van der Waals surface area contributed by atoms with Crippen LogP contribution < -0.4 is 10.9 Å². The van der Waals surface area contributed by atoms with Gasteiger partial charge >= 0.3 is 0 Å². The minimum Gasteiger partial charge on any atom is -0.302 e. The molecule has 0 radical (unpaired) electrons. The van der Waals surface area contributed by atoms with Crippen LogP contribution in [0, 0.1) is 32.1 Å². The first kappa shape index (κ1) is 18.5. The second kappa shape index (κ2) is 7.56. The van der Waals surface area contributed by atoms with Crippen LogP contribution in [0.2, 0.25) is 0 Å². The number of nitrogens with one attached hydrogen (secondary N) is 1. The predicted octanol–water partition coefficient (Wildman–Crippen LogP) is 3.41. The average Bonchev–Trinajstić information content (AvgIpc) is 2.99. The van der Waals surface area contributed by atoms with Crippen LogP contribution >= 0.6 is 11.3 Å². The van der Waals surface area contributed by atoms with Crippen LogP contribution in [0.3, 0.4) is 0 Å². The summed E-state index contributed by atoms with van der Waals surface area (Å²) in [4.78, 5) is 30.4. The van der Waals surface area contributed by atoms with Crippen molar-refractivity contribution in [1.82, 2.24) is 9.55 Å². The van der Waals surface area contributed by atoms with E-state index in [1.165, 1.54) is 15.9 Å². The zero-order valence-electron chi connectivity index (χ0n) is 15.2. The number of hydrogen-bond acceptors (Lipinski definition) is 5. The normalized spacial score (nSPS) is 10.4. The van der Waals surface area contributed by atoms with Crippen molar-refractivity contribution < 1.29 is 4.79 Å². The molecule has 2 heterocycles. The van der Waals surface area contributed by atoms with E-state index in [-0.39, 0.29) is 18.0 Å². The highest BCUT2D eigenvalue weighted by molar-refractivity contribution is 7.16. The first-order valence-corrected chi connectivity index (χ1v) is 9.16. The van der Waals surface area contributed by atoms with E-state index < -0.39 is 5.56 Å². The molecule has 27 heavy (non-hydrogen) atoms. The van der Waals surface area contributed by atoms with Crippen LogP contribution in [-0.4, -0.2) is 15.5 Å². The lowest BCUT2D eigenvalue weighted by Crippen LogP contribution is -2.31. The second-order valence-corrected chi connectivity index (χ2v) is 7.39. The molecule has 2 aromatic heterocycles. The van der Waals surface area contributed by atoms with E-state index in [0.717, 1.165) is 16.1 Å². The first-order chi connectivity index (χ1) is 12.9. The molecule has 0 unspecified atom stereocenters. The van der Waals surface area contributed by atoms with Crippen LogP contribution in [-0.2, 0) is 11.3 Å². The van der Waals surface area contributed by atoms with Gasteiger partial charge in [0.2, 0.25) is 5.91 Å². The van der Waals surface area contributed by atoms with Crippen molar-refractivity contribution in [2.75, 3.05) is 5.32 Å². The Bertz CT molecular complexity index is 1110. The number of carbonyl (C=O) groups is 1. The van der Waals surface area contributed by atoms with Crippen molar-refractivity contribution in [3.05, 3.63) is 68.4 Å². The van der Waals surface area contributed by atoms with Gasteiger partial charge in [0.25, 0.3) is 5.56 Å². The number of rotatable bonds is 4. The maximum atomic E-state index is 12.4. The maximum Gasteiger partial charge on any atom is 0.269 e. The van der Waals surface area contributed by atoms with Crippen LogP contribution in [0.1, 0.15) is 21.7 Å². The Morgan fingerprint density at radius 2 is 1.96 bits per heavy atom. The van der Waals surface area contributed by atoms with E-state index in [4.69, 9.17) is 5.26 Å². The monoisotopic (exact) mass is 378 g/mol. The van der Waals surface area contributed by atoms with E-state index in [0.29, 0.717) is 16.4 Å². The van der Waals surface area contributed by atoms with E-state index in [2.05, 4.69) is 10.3 Å². The van der Waals surface area contributed by atoms with Gasteiger partial charge in [-0.2, -0.15) is 5.26 Å². The molecule has 0 saturated carbocycles. The summed E-state index contributed by atoms with van der Waals surface area (Å²) >= 11 is 1.38. The lowest BCUT2D eigenvalue weighted by Gasteiger charge is -2.11. The van der Waals surface area contributed by atoms with Gasteiger partial charge in [-0.3, -0.25) is 9.59 Å². The highest BCUT2D eigenvalue weighted by Gasteiger charge is 2.15. The third kappa shape index (κ3) is 3.81. The Labute approximate surface area is 160 Å². The maximum absolute atomic E-state index is 12.4. The number of pyridine rings is 1. The Morgan fingerprint density at radius 1 is 1.26 bits per heavy atom. The van der Waals surface area contributed by atoms with Crippen molar-refractivity contribution in [1.29, 1.82) is 5.26 Å². The summed E-state index contributed by atoms with van der Waals surface area (Å²) < 4.78 is 1.31. The number of aryl methyl sites for hydroxylation is 3. The minimum absolute atomic E-state index is 0.0601. The van der Waals surface area contributed by atoms with Gasteiger partial charge in [0.15, 0.2) is 5.13 Å². The molecule has 0 spiro atoms. The molecule has 136 valence electrons. The lowest BCUT2D eigenvalue weighted by atomic mass is 10.1. The largest absolute Gasteiger partial charge is 0.302 e. The molecule has 1 amide bonds. The highest BCUT2D eigenvalue weighted by atomic mass is 32.1. The Balaban J connectivity index is 1.82. The third-order valence-electron chi connectivity index (χ3n) is 4.21. The third-order valence-corrected chi connectivity index (χ3v) is 5.09. The Hall–Kier alpha value is -3.24. The lowest BCUT2D eigenvalue weighted by molar-refractivity contribution is -0.116. The predicted molar refractivity (Wildman–Crippen MR) is 106 cm³/mol. The molecule has 1 N–H and O–H groups in total. The van der Waals surface area contributed by atoms with Crippen LogP contribution in [0.25, 0.3) is 11.3 Å². The van der Waals surface area contributed by atoms with Crippen molar-refractivity contribution in [2.24, 2.45) is 0 Å². The molecule has 3 aromatic rings. The van der Waals surface area contributed by atoms with Gasteiger partial charge in [-0.1, -0.05) is 30.3 Å². The quantitative estimate of drug-likeness (QED) is 0.754. The van der Waals surface area contributed by atoms with Crippen LogP contribution in [0.4, 0.5) is 5.13 Å². The minimum atomic E-state index is -0.453. The fourth-order valence-electron chi connectivity index (χ4n) is 2.88. The summed E-state index contributed by atoms with van der Waals surface area (Å²) in [6.45, 7) is 5.23. The molecule has 1 aromatic carbocycles. The molecule has 0 bridgehead atoms. The molecule has 0 aliphatic heterocycles. The zero-order valence-corrected chi connectivity index (χ0v) is 16.1. The topological polar surface area (TPSA) is 87.8 Å². The first-order valence-electron chi connectivity index (χ1n) is 8.34. The number of nitriles is 1. The van der Waals surface area contributed by atoms with Gasteiger partial charge in [0.1, 0.15) is 18.2 Å². The SMILES string of the molecule is Cc1cc(C)n(CC(=O)Nc2nc(-c3ccccc3)c(C)s2)c(=O)c1C#N. The van der Waals surface area contributed by atoms with Crippen LogP contribution in [0.5, 0.6) is 0 Å². The summed E-state index contributed by atoms with van der Waals surface area (Å²) in [5.74, 6) is -0.360. The van der Waals surface area contributed by atoms with Crippen molar-refractivity contribution >= 4 is 22.4 Å². The summed E-state index contributed by atoms with van der Waals surface area (Å²) in [5.41, 5.74) is 2.66. The fraction of sp³-hybridized carbons (Fsp3) is 0.200.